The van der Waals surface area contributed by atoms with Gasteiger partial charge in [-0.05, 0) is 38.1 Å². The Kier molecular flexibility index (Phi) is 8.99. The van der Waals surface area contributed by atoms with Crippen LogP contribution in [-0.4, -0.2) is 65.1 Å². The highest BCUT2D eigenvalue weighted by Crippen LogP contribution is 2.29. The summed E-state index contributed by atoms with van der Waals surface area (Å²) >= 11 is 0. The summed E-state index contributed by atoms with van der Waals surface area (Å²) in [4.78, 5) is 33.6. The van der Waals surface area contributed by atoms with Gasteiger partial charge in [0.05, 0.1) is 0 Å². The van der Waals surface area contributed by atoms with Crippen molar-refractivity contribution in [3.63, 3.8) is 0 Å². The van der Waals surface area contributed by atoms with Crippen LogP contribution in [0.3, 0.4) is 0 Å². The van der Waals surface area contributed by atoms with Gasteiger partial charge in [0.2, 0.25) is 0 Å². The molecule has 0 radical (unpaired) electrons. The van der Waals surface area contributed by atoms with E-state index in [1.807, 2.05) is 61.5 Å². The number of nitrogens with zero attached hydrogens (tertiary/aromatic N) is 4. The zero-order chi connectivity index (χ0) is 26.1. The smallest absolute Gasteiger partial charge is 0.263 e. The van der Waals surface area contributed by atoms with E-state index in [1.54, 1.807) is 22.9 Å². The molecule has 0 bridgehead atoms. The van der Waals surface area contributed by atoms with Crippen LogP contribution in [0.5, 0.6) is 5.75 Å². The highest BCUT2D eigenvalue weighted by atomic mass is 16.5. The van der Waals surface area contributed by atoms with Crippen molar-refractivity contribution in [2.24, 2.45) is 5.10 Å². The number of carbonyl (C=O) groups is 2. The number of pyridine rings is 1. The standard InChI is InChI=1S/C24H26N4O3.C3H6N2/c1-16-15-27(24(30)18-7-4-3-5-8-18)13-14-28(16)23(29)17(2)31-21-10-6-9-20-19(21)11-12-26-22(20)25;1-3-5-4-2/h3-12,16-17H,13-15H2,1-2H3,(H2,25,26);3,5H,1-2H2. The van der Waals surface area contributed by atoms with Gasteiger partial charge in [-0.1, -0.05) is 36.9 Å². The van der Waals surface area contributed by atoms with Gasteiger partial charge in [0.1, 0.15) is 11.6 Å². The normalized spacial score (nSPS) is 15.8. The second-order valence-electron chi connectivity index (χ2n) is 8.30. The van der Waals surface area contributed by atoms with Gasteiger partial charge in [-0.25, -0.2) is 4.98 Å². The molecular formula is C27H32N6O3. The lowest BCUT2D eigenvalue weighted by Crippen LogP contribution is -2.57. The van der Waals surface area contributed by atoms with E-state index in [1.165, 1.54) is 6.20 Å². The lowest BCUT2D eigenvalue weighted by Gasteiger charge is -2.40. The predicted octanol–water partition coefficient (Wildman–Crippen LogP) is 3.29. The van der Waals surface area contributed by atoms with Gasteiger partial charge in [0.15, 0.2) is 6.10 Å². The summed E-state index contributed by atoms with van der Waals surface area (Å²) in [7, 11) is 0. The summed E-state index contributed by atoms with van der Waals surface area (Å²) in [5, 5.41) is 4.85. The van der Waals surface area contributed by atoms with Gasteiger partial charge in [0, 0.05) is 61.1 Å². The SMILES string of the molecule is C=CNN=C.CC(Oc1cccc2c(N)nccc12)C(=O)N1CCN(C(=O)c2ccccc2)CC1C. The van der Waals surface area contributed by atoms with Crippen molar-refractivity contribution in [2.45, 2.75) is 26.0 Å². The van der Waals surface area contributed by atoms with E-state index in [4.69, 9.17) is 10.5 Å². The number of hydrogen-bond donors (Lipinski definition) is 2. The molecule has 0 spiro atoms. The first-order valence-corrected chi connectivity index (χ1v) is 11.6. The first kappa shape index (κ1) is 26.2. The maximum Gasteiger partial charge on any atom is 0.263 e. The summed E-state index contributed by atoms with van der Waals surface area (Å²) in [5.74, 6) is 0.914. The van der Waals surface area contributed by atoms with Crippen LogP contribution >= 0.6 is 0 Å². The summed E-state index contributed by atoms with van der Waals surface area (Å²) in [6, 6.07) is 16.5. The molecule has 2 aromatic carbocycles. The Morgan fingerprint density at radius 3 is 2.56 bits per heavy atom. The topological polar surface area (TPSA) is 113 Å². The van der Waals surface area contributed by atoms with Crippen LogP contribution < -0.4 is 15.9 Å². The largest absolute Gasteiger partial charge is 0.480 e. The van der Waals surface area contributed by atoms with E-state index in [0.717, 1.165) is 10.8 Å². The number of hydrogen-bond acceptors (Lipinski definition) is 7. The number of carbonyl (C=O) groups excluding carboxylic acids is 2. The summed E-state index contributed by atoms with van der Waals surface area (Å²) in [6.07, 6.45) is 2.41. The maximum absolute atomic E-state index is 13.1. The number of amides is 2. The number of rotatable bonds is 6. The molecule has 36 heavy (non-hydrogen) atoms. The number of nitrogen functional groups attached to an aromatic ring is 1. The molecule has 1 fully saturated rings. The van der Waals surface area contributed by atoms with Crippen LogP contribution in [0.15, 0.2) is 78.7 Å². The molecule has 0 saturated carbocycles. The van der Waals surface area contributed by atoms with E-state index < -0.39 is 6.10 Å². The Hall–Kier alpha value is -4.40. The van der Waals surface area contributed by atoms with Crippen molar-refractivity contribution in [1.29, 1.82) is 0 Å². The van der Waals surface area contributed by atoms with Crippen LogP contribution in [0.4, 0.5) is 5.82 Å². The molecular weight excluding hydrogens is 456 g/mol. The Balaban J connectivity index is 0.000000658. The third kappa shape index (κ3) is 6.18. The van der Waals surface area contributed by atoms with Crippen molar-refractivity contribution in [2.75, 3.05) is 25.4 Å². The van der Waals surface area contributed by atoms with Crippen molar-refractivity contribution in [3.05, 3.63) is 79.1 Å². The van der Waals surface area contributed by atoms with Gasteiger partial charge in [-0.15, -0.1) is 0 Å². The number of piperazine rings is 1. The molecule has 2 heterocycles. The minimum atomic E-state index is -0.668. The molecule has 4 rings (SSSR count). The molecule has 2 amide bonds. The molecule has 9 nitrogen and oxygen atoms in total. The Morgan fingerprint density at radius 2 is 1.92 bits per heavy atom. The molecule has 1 saturated heterocycles. The first-order chi connectivity index (χ1) is 17.4. The van der Waals surface area contributed by atoms with Crippen LogP contribution in [-0.2, 0) is 4.79 Å². The van der Waals surface area contributed by atoms with E-state index in [-0.39, 0.29) is 17.9 Å². The van der Waals surface area contributed by atoms with Gasteiger partial charge in [-0.2, -0.15) is 5.10 Å². The summed E-state index contributed by atoms with van der Waals surface area (Å²) < 4.78 is 6.03. The molecule has 1 aromatic heterocycles. The Morgan fingerprint density at radius 1 is 1.17 bits per heavy atom. The quantitative estimate of drug-likeness (QED) is 0.407. The predicted molar refractivity (Wildman–Crippen MR) is 143 cm³/mol. The molecule has 1 aliphatic rings. The molecule has 2 atom stereocenters. The van der Waals surface area contributed by atoms with Crippen molar-refractivity contribution in [3.8, 4) is 5.75 Å². The van der Waals surface area contributed by atoms with Crippen LogP contribution in [0.2, 0.25) is 0 Å². The monoisotopic (exact) mass is 488 g/mol. The zero-order valence-corrected chi connectivity index (χ0v) is 20.6. The van der Waals surface area contributed by atoms with Gasteiger partial charge in [0.25, 0.3) is 11.8 Å². The van der Waals surface area contributed by atoms with E-state index in [2.05, 4.69) is 28.8 Å². The van der Waals surface area contributed by atoms with Crippen molar-refractivity contribution < 1.29 is 14.3 Å². The second-order valence-corrected chi connectivity index (χ2v) is 8.30. The number of hydrazone groups is 1. The number of fused-ring (bicyclic) bond motifs is 1. The van der Waals surface area contributed by atoms with Crippen LogP contribution in [0.25, 0.3) is 10.8 Å². The van der Waals surface area contributed by atoms with Crippen molar-refractivity contribution in [1.82, 2.24) is 20.2 Å². The van der Waals surface area contributed by atoms with Crippen molar-refractivity contribution >= 4 is 35.1 Å². The summed E-state index contributed by atoms with van der Waals surface area (Å²) in [6.45, 7) is 11.6. The highest BCUT2D eigenvalue weighted by molar-refractivity contribution is 5.96. The van der Waals surface area contributed by atoms with Gasteiger partial charge < -0.3 is 20.3 Å². The van der Waals surface area contributed by atoms with E-state index >= 15 is 0 Å². The number of nitrogens with two attached hydrogens (primary N) is 1. The second kappa shape index (κ2) is 12.3. The summed E-state index contributed by atoms with van der Waals surface area (Å²) in [5.41, 5.74) is 9.01. The molecule has 3 aromatic rings. The molecule has 3 N–H and O–H groups in total. The number of anilines is 1. The molecule has 9 heteroatoms. The minimum absolute atomic E-state index is 0.00852. The third-order valence-corrected chi connectivity index (χ3v) is 5.85. The molecule has 0 aliphatic carbocycles. The molecule has 188 valence electrons. The lowest BCUT2D eigenvalue weighted by molar-refractivity contribution is -0.142. The molecule has 1 aliphatic heterocycles. The number of benzene rings is 2. The number of ether oxygens (including phenoxy) is 1. The average Bonchev–Trinajstić information content (AvgIpc) is 2.90. The fourth-order valence-electron chi connectivity index (χ4n) is 4.08. The maximum atomic E-state index is 13.1. The Labute approximate surface area is 211 Å². The van der Waals surface area contributed by atoms with E-state index in [9.17, 15) is 9.59 Å². The van der Waals surface area contributed by atoms with Gasteiger partial charge in [-0.3, -0.25) is 15.0 Å². The van der Waals surface area contributed by atoms with Gasteiger partial charge >= 0.3 is 0 Å². The fourth-order valence-corrected chi connectivity index (χ4v) is 4.08. The van der Waals surface area contributed by atoms with Crippen LogP contribution in [0.1, 0.15) is 24.2 Å². The Bertz CT molecular complexity index is 1210. The fraction of sp³-hybridized carbons (Fsp3) is 0.259. The first-order valence-electron chi connectivity index (χ1n) is 11.6. The third-order valence-electron chi connectivity index (χ3n) is 5.85. The average molecular weight is 489 g/mol. The number of nitrogens with one attached hydrogen (secondary N) is 1. The molecule has 2 unspecified atom stereocenters. The highest BCUT2D eigenvalue weighted by Gasteiger charge is 2.33. The van der Waals surface area contributed by atoms with Crippen LogP contribution in [0, 0.1) is 0 Å². The zero-order valence-electron chi connectivity index (χ0n) is 20.6. The van der Waals surface area contributed by atoms with E-state index in [0.29, 0.717) is 36.8 Å². The number of aromatic nitrogens is 1. The lowest BCUT2D eigenvalue weighted by atomic mass is 10.1. The minimum Gasteiger partial charge on any atom is -0.480 e.